The molecule has 3 aliphatic rings. The molecule has 50 heavy (non-hydrogen) atoms. The van der Waals surface area contributed by atoms with Crippen molar-refractivity contribution in [3.63, 3.8) is 0 Å². The van der Waals surface area contributed by atoms with Crippen LogP contribution in [-0.2, 0) is 37.5 Å². The Morgan fingerprint density at radius 1 is 1.18 bits per heavy atom. The van der Waals surface area contributed by atoms with Crippen molar-refractivity contribution in [3.8, 4) is 5.75 Å². The van der Waals surface area contributed by atoms with Crippen LogP contribution in [0.25, 0.3) is 0 Å². The second-order valence-corrected chi connectivity index (χ2v) is 18.3. The number of ether oxygens (including phenoxy) is 2. The van der Waals surface area contributed by atoms with Crippen LogP contribution < -0.4 is 9.64 Å². The fraction of sp³-hybridized carbons (Fsp3) is 0.526. The third kappa shape index (κ3) is 8.33. The van der Waals surface area contributed by atoms with Gasteiger partial charge < -0.3 is 14.4 Å². The quantitative estimate of drug-likeness (QED) is 0.241. The number of carbonyl (C=O) groups is 2. The predicted octanol–water partition coefficient (Wildman–Crippen LogP) is 7.42. The summed E-state index contributed by atoms with van der Waals surface area (Å²) in [7, 11) is -1.44. The Labute approximate surface area is 305 Å². The van der Waals surface area contributed by atoms with Gasteiger partial charge in [0.05, 0.1) is 33.9 Å². The molecule has 6 rings (SSSR count). The van der Waals surface area contributed by atoms with E-state index in [9.17, 15) is 13.8 Å². The molecule has 1 amide bonds. The maximum Gasteiger partial charge on any atom is 0.285 e. The summed E-state index contributed by atoms with van der Waals surface area (Å²) in [6.45, 7) is 8.25. The minimum atomic E-state index is -3.18. The fourth-order valence-corrected chi connectivity index (χ4v) is 10.4. The van der Waals surface area contributed by atoms with Crippen molar-refractivity contribution >= 4 is 50.0 Å². The van der Waals surface area contributed by atoms with E-state index in [2.05, 4.69) is 57.6 Å². The van der Waals surface area contributed by atoms with Crippen molar-refractivity contribution in [2.45, 2.75) is 77.2 Å². The molecular formula is C38H47ClN4O5S2. The zero-order valence-electron chi connectivity index (χ0n) is 29.4. The van der Waals surface area contributed by atoms with Crippen molar-refractivity contribution < 1.29 is 23.3 Å². The monoisotopic (exact) mass is 738 g/mol. The number of anilines is 1. The number of benzene rings is 2. The number of fused-ring (bicyclic) bond motifs is 3. The molecule has 0 saturated heterocycles. The van der Waals surface area contributed by atoms with Gasteiger partial charge in [0.25, 0.3) is 5.91 Å². The summed E-state index contributed by atoms with van der Waals surface area (Å²) in [6.07, 6.45) is 8.76. The number of amides is 1. The molecular weight excluding hydrogens is 692 g/mol. The topological polar surface area (TPSA) is 111 Å². The highest BCUT2D eigenvalue weighted by atomic mass is 35.5. The third-order valence-electron chi connectivity index (χ3n) is 10.5. The summed E-state index contributed by atoms with van der Waals surface area (Å²) >= 11 is 7.89. The number of halogens is 1. The van der Waals surface area contributed by atoms with Crippen molar-refractivity contribution in [1.29, 1.82) is 0 Å². The van der Waals surface area contributed by atoms with Gasteiger partial charge in [-0.05, 0) is 92.3 Å². The van der Waals surface area contributed by atoms with Crippen molar-refractivity contribution in [2.24, 2.45) is 16.2 Å². The molecule has 2 bridgehead atoms. The molecule has 1 aromatic heterocycles. The van der Waals surface area contributed by atoms with Crippen LogP contribution >= 0.6 is 22.9 Å². The molecule has 1 aliphatic carbocycles. The lowest BCUT2D eigenvalue weighted by atomic mass is 9.70. The van der Waals surface area contributed by atoms with Crippen LogP contribution in [0.3, 0.4) is 0 Å². The first kappa shape index (κ1) is 36.7. The first-order valence-electron chi connectivity index (χ1n) is 17.6. The Kier molecular flexibility index (Phi) is 11.5. The number of Topliss-reactive ketones (excluding diaryl/α,β-unsaturated/α-hetero) is 1. The molecule has 3 aromatic rings. The molecule has 0 N–H and O–H groups in total. The Balaban J connectivity index is 1.37. The number of hydrogen-bond acceptors (Lipinski definition) is 9. The highest BCUT2D eigenvalue weighted by Gasteiger charge is 2.42. The van der Waals surface area contributed by atoms with E-state index in [1.54, 1.807) is 13.2 Å². The molecule has 0 saturated carbocycles. The van der Waals surface area contributed by atoms with Gasteiger partial charge in [-0.15, -0.1) is 21.5 Å². The molecule has 12 heteroatoms. The second-order valence-electron chi connectivity index (χ2n) is 14.2. The van der Waals surface area contributed by atoms with Gasteiger partial charge in [-0.3, -0.25) is 9.59 Å². The smallest absolute Gasteiger partial charge is 0.285 e. The van der Waals surface area contributed by atoms with Crippen LogP contribution in [0.4, 0.5) is 5.69 Å². The van der Waals surface area contributed by atoms with E-state index in [0.29, 0.717) is 50.3 Å². The number of aromatic nitrogens is 2. The van der Waals surface area contributed by atoms with Crippen LogP contribution in [-0.4, -0.2) is 70.5 Å². The molecule has 268 valence electrons. The van der Waals surface area contributed by atoms with Crippen LogP contribution in [0.15, 0.2) is 52.9 Å². The molecule has 9 nitrogen and oxygen atoms in total. The summed E-state index contributed by atoms with van der Waals surface area (Å²) in [5.41, 5.74) is 3.41. The minimum absolute atomic E-state index is 0.111. The molecule has 0 radical (unpaired) electrons. The number of nitrogens with zero attached hydrogens (tertiary/aromatic N) is 4. The van der Waals surface area contributed by atoms with Crippen molar-refractivity contribution in [2.75, 3.05) is 43.2 Å². The lowest BCUT2D eigenvalue weighted by Gasteiger charge is -2.42. The van der Waals surface area contributed by atoms with E-state index in [1.165, 1.54) is 22.5 Å². The van der Waals surface area contributed by atoms with Crippen LogP contribution in [0, 0.1) is 18.8 Å². The molecule has 1 spiro atoms. The average molecular weight is 739 g/mol. The summed E-state index contributed by atoms with van der Waals surface area (Å²) < 4.78 is 31.3. The number of allylic oxidation sites excluding steroid dienone is 1. The van der Waals surface area contributed by atoms with Gasteiger partial charge in [-0.25, -0.2) is 4.21 Å². The Hall–Kier alpha value is -3.12. The number of rotatable bonds is 6. The number of ketones is 1. The summed E-state index contributed by atoms with van der Waals surface area (Å²) in [5, 5.41) is 10.5. The first-order chi connectivity index (χ1) is 24.0. The fourth-order valence-electron chi connectivity index (χ4n) is 7.57. The third-order valence-corrected chi connectivity index (χ3v) is 13.8. The second kappa shape index (κ2) is 15.6. The SMILES string of the molecule is CO[C@H]1/C=C/CCC[S@@](=O)(CC(=O)CCc2nnc(C)s2)=NC(=O)c2ccc3c(c2)N(C[C@H](C)[C@H]1C)C[C@@]1(CCCc2cc(Cl)ccc21)CO3. The number of methoxy groups -OCH3 is 1. The zero-order valence-corrected chi connectivity index (χ0v) is 31.7. The summed E-state index contributed by atoms with van der Waals surface area (Å²) in [4.78, 5) is 29.4. The molecule has 0 fully saturated rings. The molecule has 0 unspecified atom stereocenters. The van der Waals surface area contributed by atoms with Crippen LogP contribution in [0.1, 0.15) is 77.5 Å². The highest BCUT2D eigenvalue weighted by molar-refractivity contribution is 7.94. The number of aryl methyl sites for hydroxylation is 3. The lowest BCUT2D eigenvalue weighted by molar-refractivity contribution is -0.116. The van der Waals surface area contributed by atoms with Crippen LogP contribution in [0.2, 0.25) is 5.02 Å². The largest absolute Gasteiger partial charge is 0.490 e. The van der Waals surface area contributed by atoms with Gasteiger partial charge in [0.15, 0.2) is 0 Å². The van der Waals surface area contributed by atoms with E-state index in [1.807, 2.05) is 25.1 Å². The average Bonchev–Trinajstić information content (AvgIpc) is 3.45. The lowest BCUT2D eigenvalue weighted by Crippen LogP contribution is -2.47. The maximum atomic E-state index is 14.3. The van der Waals surface area contributed by atoms with E-state index < -0.39 is 15.6 Å². The Morgan fingerprint density at radius 3 is 2.80 bits per heavy atom. The minimum Gasteiger partial charge on any atom is -0.490 e. The predicted molar refractivity (Wildman–Crippen MR) is 200 cm³/mol. The van der Waals surface area contributed by atoms with Gasteiger partial charge >= 0.3 is 0 Å². The van der Waals surface area contributed by atoms with Gasteiger partial charge in [0.1, 0.15) is 21.5 Å². The van der Waals surface area contributed by atoms with Crippen molar-refractivity contribution in [1.82, 2.24) is 10.2 Å². The van der Waals surface area contributed by atoms with Gasteiger partial charge in [0.2, 0.25) is 0 Å². The van der Waals surface area contributed by atoms with Gasteiger partial charge in [-0.1, -0.05) is 43.7 Å². The van der Waals surface area contributed by atoms with E-state index in [0.717, 1.165) is 40.0 Å². The molecule has 3 heterocycles. The van der Waals surface area contributed by atoms with Gasteiger partial charge in [-0.2, -0.15) is 4.36 Å². The summed E-state index contributed by atoms with van der Waals surface area (Å²) in [5.74, 6) is 0.198. The van der Waals surface area contributed by atoms with Crippen molar-refractivity contribution in [3.05, 3.63) is 80.3 Å². The van der Waals surface area contributed by atoms with E-state index >= 15 is 0 Å². The Morgan fingerprint density at radius 2 is 2.02 bits per heavy atom. The summed E-state index contributed by atoms with van der Waals surface area (Å²) in [6, 6.07) is 11.6. The van der Waals surface area contributed by atoms with E-state index in [-0.39, 0.29) is 47.1 Å². The number of carbonyl (C=O) groups excluding carboxylic acids is 2. The van der Waals surface area contributed by atoms with Crippen LogP contribution in [0.5, 0.6) is 5.75 Å². The molecule has 2 aliphatic heterocycles. The van der Waals surface area contributed by atoms with E-state index in [4.69, 9.17) is 21.1 Å². The standard InChI is InChI=1S/C38H47ClN4O5S2/c1-25-21-43-23-38(17-8-9-28-19-30(39)12-14-32(28)38)24-48-35-15-11-29(20-33(35)43)37(45)42-50(46,18-7-5-6-10-34(47-4)26(25)2)22-31(44)13-16-36-41-40-27(3)49-36/h6,10-12,14-15,19-20,25-26,34H,5,7-9,13,16-18,21-24H2,1-4H3/b10-6+/t25-,26+,34-,38-,50+/m0/s1. The molecule has 2 aromatic carbocycles. The zero-order chi connectivity index (χ0) is 35.5. The number of hydrogen-bond donors (Lipinski definition) is 0. The first-order valence-corrected chi connectivity index (χ1v) is 20.6. The molecule has 5 atom stereocenters. The highest BCUT2D eigenvalue weighted by Crippen LogP contribution is 2.45. The Bertz CT molecular complexity index is 1890. The maximum absolute atomic E-state index is 14.3. The van der Waals surface area contributed by atoms with Gasteiger partial charge in [0, 0.05) is 54.8 Å². The normalized spacial score (nSPS) is 27.9.